The number of nitrogens with zero attached hydrogens (tertiary/aromatic N) is 2. The molecular weight excluding hydrogens is 314 g/mol. The topological polar surface area (TPSA) is 59.9 Å². The maximum atomic E-state index is 12.9. The molecule has 5 heteroatoms. The van der Waals surface area contributed by atoms with E-state index in [0.29, 0.717) is 12.2 Å². The Hall–Kier alpha value is -2.82. The van der Waals surface area contributed by atoms with Crippen LogP contribution in [0.5, 0.6) is 5.75 Å². The van der Waals surface area contributed by atoms with Crippen molar-refractivity contribution >= 4 is 5.78 Å². The highest BCUT2D eigenvalue weighted by atomic mass is 16.5. The van der Waals surface area contributed by atoms with Crippen molar-refractivity contribution in [3.05, 3.63) is 72.1 Å². The van der Waals surface area contributed by atoms with E-state index < -0.39 is 0 Å². The molecule has 0 radical (unpaired) electrons. The number of hydrogen-bond acceptors (Lipinski definition) is 3. The van der Waals surface area contributed by atoms with Crippen LogP contribution in [0.4, 0.5) is 0 Å². The summed E-state index contributed by atoms with van der Waals surface area (Å²) in [4.78, 5) is 20.4. The van der Waals surface area contributed by atoms with Gasteiger partial charge in [-0.15, -0.1) is 0 Å². The minimum absolute atomic E-state index is 0.0362. The predicted molar refractivity (Wildman–Crippen MR) is 97.2 cm³/mol. The predicted octanol–water partition coefficient (Wildman–Crippen LogP) is 4.21. The zero-order chi connectivity index (χ0) is 17.8. The van der Waals surface area contributed by atoms with Crippen LogP contribution >= 0.6 is 0 Å². The van der Waals surface area contributed by atoms with Gasteiger partial charge in [0.25, 0.3) is 0 Å². The number of ether oxygens (including phenoxy) is 1. The summed E-state index contributed by atoms with van der Waals surface area (Å²) in [6.45, 7) is 4.09. The molecule has 25 heavy (non-hydrogen) atoms. The van der Waals surface area contributed by atoms with E-state index in [1.807, 2.05) is 67.2 Å². The summed E-state index contributed by atoms with van der Waals surface area (Å²) in [5, 5.41) is 0. The number of ketones is 1. The van der Waals surface area contributed by atoms with E-state index in [1.54, 1.807) is 13.3 Å². The maximum Gasteiger partial charge on any atom is 0.199 e. The number of aromatic amines is 1. The van der Waals surface area contributed by atoms with E-state index in [0.717, 1.165) is 17.0 Å². The third-order valence-electron chi connectivity index (χ3n) is 4.38. The fourth-order valence-electron chi connectivity index (χ4n) is 3.03. The third-order valence-corrected chi connectivity index (χ3v) is 4.38. The highest BCUT2D eigenvalue weighted by molar-refractivity contribution is 5.93. The minimum atomic E-state index is -0.0503. The molecule has 3 aromatic rings. The quantitative estimate of drug-likeness (QED) is 0.657. The Bertz CT molecular complexity index is 817. The Morgan fingerprint density at radius 1 is 1.24 bits per heavy atom. The minimum Gasteiger partial charge on any atom is -0.497 e. The number of aromatic nitrogens is 3. The van der Waals surface area contributed by atoms with E-state index in [4.69, 9.17) is 4.74 Å². The molecule has 0 fully saturated rings. The maximum absolute atomic E-state index is 12.9. The first-order chi connectivity index (χ1) is 12.1. The van der Waals surface area contributed by atoms with E-state index in [1.165, 1.54) is 0 Å². The molecule has 1 atom stereocenters. The number of carbonyl (C=O) groups is 1. The van der Waals surface area contributed by atoms with Crippen molar-refractivity contribution in [2.24, 2.45) is 0 Å². The fraction of sp³-hybridized carbons (Fsp3) is 0.300. The second-order valence-corrected chi connectivity index (χ2v) is 6.33. The van der Waals surface area contributed by atoms with Gasteiger partial charge in [0, 0.05) is 42.7 Å². The van der Waals surface area contributed by atoms with Crippen molar-refractivity contribution in [1.82, 2.24) is 14.5 Å². The summed E-state index contributed by atoms with van der Waals surface area (Å²) < 4.78 is 7.15. The summed E-state index contributed by atoms with van der Waals surface area (Å²) in [5.74, 6) is 1.30. The van der Waals surface area contributed by atoms with Crippen molar-refractivity contribution in [3.8, 4) is 5.75 Å². The Morgan fingerprint density at radius 2 is 2.00 bits per heavy atom. The van der Waals surface area contributed by atoms with Gasteiger partial charge in [0.15, 0.2) is 11.6 Å². The molecule has 0 aliphatic heterocycles. The zero-order valence-corrected chi connectivity index (χ0v) is 14.8. The Kier molecular flexibility index (Phi) is 5.03. The SMILES string of the molecule is COc1ccc([C@H](CC(=O)c2nccn2C(C)C)c2ccc[nH]2)cc1. The highest BCUT2D eigenvalue weighted by Crippen LogP contribution is 2.29. The number of nitrogens with one attached hydrogen (secondary N) is 1. The molecule has 0 saturated carbocycles. The van der Waals surface area contributed by atoms with Crippen LogP contribution in [0, 0.1) is 0 Å². The molecule has 130 valence electrons. The fourth-order valence-corrected chi connectivity index (χ4v) is 3.03. The number of Topliss-reactive ketones (excluding diaryl/α,β-unsaturated/α-hetero) is 1. The summed E-state index contributed by atoms with van der Waals surface area (Å²) in [6, 6.07) is 12.0. The molecule has 0 spiro atoms. The molecule has 0 aliphatic rings. The van der Waals surface area contributed by atoms with Crippen LogP contribution < -0.4 is 4.74 Å². The van der Waals surface area contributed by atoms with Gasteiger partial charge >= 0.3 is 0 Å². The Morgan fingerprint density at radius 3 is 2.60 bits per heavy atom. The molecule has 0 aliphatic carbocycles. The Labute approximate surface area is 147 Å². The van der Waals surface area contributed by atoms with Crippen LogP contribution in [0.25, 0.3) is 0 Å². The molecule has 5 nitrogen and oxygen atoms in total. The first-order valence-corrected chi connectivity index (χ1v) is 8.43. The normalized spacial score (nSPS) is 12.3. The Balaban J connectivity index is 1.90. The molecule has 0 amide bonds. The lowest BCUT2D eigenvalue weighted by Crippen LogP contribution is -2.15. The summed E-state index contributed by atoms with van der Waals surface area (Å²) in [6.07, 6.45) is 5.78. The molecule has 2 aromatic heterocycles. The van der Waals surface area contributed by atoms with Gasteiger partial charge in [0.05, 0.1) is 7.11 Å². The van der Waals surface area contributed by atoms with Gasteiger partial charge in [0.1, 0.15) is 5.75 Å². The van der Waals surface area contributed by atoms with Gasteiger partial charge < -0.3 is 14.3 Å². The summed E-state index contributed by atoms with van der Waals surface area (Å²) in [5.41, 5.74) is 2.08. The molecule has 1 N–H and O–H groups in total. The number of imidazole rings is 1. The van der Waals surface area contributed by atoms with Gasteiger partial charge in [-0.05, 0) is 43.7 Å². The van der Waals surface area contributed by atoms with Crippen LogP contribution in [-0.2, 0) is 0 Å². The van der Waals surface area contributed by atoms with E-state index in [9.17, 15) is 4.79 Å². The van der Waals surface area contributed by atoms with E-state index >= 15 is 0 Å². The molecule has 3 rings (SSSR count). The number of benzene rings is 1. The van der Waals surface area contributed by atoms with Crippen molar-refractivity contribution in [1.29, 1.82) is 0 Å². The average Bonchev–Trinajstić information content (AvgIpc) is 3.31. The molecule has 1 aromatic carbocycles. The van der Waals surface area contributed by atoms with Crippen LogP contribution in [-0.4, -0.2) is 27.4 Å². The number of carbonyl (C=O) groups excluding carboxylic acids is 1. The summed E-state index contributed by atoms with van der Waals surface area (Å²) >= 11 is 0. The largest absolute Gasteiger partial charge is 0.497 e. The van der Waals surface area contributed by atoms with Gasteiger partial charge in [-0.1, -0.05) is 12.1 Å². The first kappa shape index (κ1) is 17.0. The first-order valence-electron chi connectivity index (χ1n) is 8.43. The lowest BCUT2D eigenvalue weighted by atomic mass is 9.90. The standard InChI is InChI=1S/C20H23N3O2/c1-14(2)23-12-11-22-20(23)19(24)13-17(18-5-4-10-21-18)15-6-8-16(25-3)9-7-15/h4-12,14,17,21H,13H2,1-3H3/t17-/m0/s1. The van der Waals surface area contributed by atoms with Crippen LogP contribution in [0.3, 0.4) is 0 Å². The van der Waals surface area contributed by atoms with Crippen LogP contribution in [0.1, 0.15) is 54.1 Å². The smallest absolute Gasteiger partial charge is 0.199 e. The lowest BCUT2D eigenvalue weighted by Gasteiger charge is -2.17. The van der Waals surface area contributed by atoms with Gasteiger partial charge in [0.2, 0.25) is 0 Å². The molecule has 2 heterocycles. The number of methoxy groups -OCH3 is 1. The van der Waals surface area contributed by atoms with Gasteiger partial charge in [-0.2, -0.15) is 0 Å². The zero-order valence-electron chi connectivity index (χ0n) is 14.8. The third kappa shape index (κ3) is 3.65. The average molecular weight is 337 g/mol. The summed E-state index contributed by atoms with van der Waals surface area (Å²) in [7, 11) is 1.65. The van der Waals surface area contributed by atoms with Gasteiger partial charge in [-0.25, -0.2) is 4.98 Å². The second-order valence-electron chi connectivity index (χ2n) is 6.33. The number of rotatable bonds is 7. The van der Waals surface area contributed by atoms with Gasteiger partial charge in [-0.3, -0.25) is 4.79 Å². The molecule has 0 unspecified atom stereocenters. The number of H-pyrrole nitrogens is 1. The van der Waals surface area contributed by atoms with E-state index in [2.05, 4.69) is 9.97 Å². The van der Waals surface area contributed by atoms with Crippen molar-refractivity contribution < 1.29 is 9.53 Å². The van der Waals surface area contributed by atoms with Crippen LogP contribution in [0.2, 0.25) is 0 Å². The van der Waals surface area contributed by atoms with Crippen molar-refractivity contribution in [2.45, 2.75) is 32.2 Å². The van der Waals surface area contributed by atoms with Crippen molar-refractivity contribution in [3.63, 3.8) is 0 Å². The molecule has 0 saturated heterocycles. The van der Waals surface area contributed by atoms with Crippen LogP contribution in [0.15, 0.2) is 55.0 Å². The lowest BCUT2D eigenvalue weighted by molar-refractivity contribution is 0.0961. The van der Waals surface area contributed by atoms with E-state index in [-0.39, 0.29) is 17.7 Å². The molecular formula is C20H23N3O2. The van der Waals surface area contributed by atoms with Crippen molar-refractivity contribution in [2.75, 3.05) is 7.11 Å². The number of hydrogen-bond donors (Lipinski definition) is 1. The highest BCUT2D eigenvalue weighted by Gasteiger charge is 2.23. The molecule has 0 bridgehead atoms. The monoisotopic (exact) mass is 337 g/mol. The second kappa shape index (κ2) is 7.38.